The van der Waals surface area contributed by atoms with Gasteiger partial charge in [-0.15, -0.1) is 0 Å². The Morgan fingerprint density at radius 1 is 1.12 bits per heavy atom. The van der Waals surface area contributed by atoms with Gasteiger partial charge in [0.1, 0.15) is 5.82 Å². The van der Waals surface area contributed by atoms with Gasteiger partial charge in [0.05, 0.1) is 23.8 Å². The van der Waals surface area contributed by atoms with Gasteiger partial charge in [-0.1, -0.05) is 12.1 Å². The van der Waals surface area contributed by atoms with Crippen LogP contribution in [0.15, 0.2) is 63.6 Å². The number of imidazole rings is 1. The largest absolute Gasteiger partial charge is 0.461 e. The summed E-state index contributed by atoms with van der Waals surface area (Å²) in [5.41, 5.74) is 1.93. The molecule has 1 amide bonds. The maximum atomic E-state index is 12.3. The van der Waals surface area contributed by atoms with Gasteiger partial charge in [0.15, 0.2) is 17.3 Å². The van der Waals surface area contributed by atoms with Gasteiger partial charge in [0.2, 0.25) is 0 Å². The van der Waals surface area contributed by atoms with Crippen molar-refractivity contribution >= 4 is 16.9 Å². The number of nitrogens with one attached hydrogen (secondary N) is 1. The summed E-state index contributed by atoms with van der Waals surface area (Å²) < 4.78 is 12.8. The van der Waals surface area contributed by atoms with Crippen LogP contribution in [0.25, 0.3) is 22.6 Å². The Kier molecular flexibility index (Phi) is 3.42. The number of furan rings is 2. The number of carbonyl (C=O) groups excluding carboxylic acids is 1. The fraction of sp³-hybridized carbons (Fsp3) is 0.111. The summed E-state index contributed by atoms with van der Waals surface area (Å²) in [6.07, 6.45) is 1.56. The lowest BCUT2D eigenvalue weighted by molar-refractivity contribution is 0.0922. The number of fused-ring (bicyclic) bond motifs is 1. The van der Waals surface area contributed by atoms with Gasteiger partial charge in [0, 0.05) is 7.05 Å². The third-order valence-corrected chi connectivity index (χ3v) is 3.88. The van der Waals surface area contributed by atoms with E-state index >= 15 is 0 Å². The van der Waals surface area contributed by atoms with E-state index in [1.807, 2.05) is 35.9 Å². The van der Waals surface area contributed by atoms with Crippen molar-refractivity contribution in [3.05, 3.63) is 66.4 Å². The van der Waals surface area contributed by atoms with Crippen molar-refractivity contribution in [2.24, 2.45) is 7.05 Å². The second-order valence-corrected chi connectivity index (χ2v) is 5.40. The van der Waals surface area contributed by atoms with Crippen molar-refractivity contribution in [3.8, 4) is 11.5 Å². The first-order valence-electron chi connectivity index (χ1n) is 7.54. The van der Waals surface area contributed by atoms with Crippen LogP contribution in [0.1, 0.15) is 16.4 Å². The number of aromatic nitrogens is 2. The molecule has 6 heteroatoms. The smallest absolute Gasteiger partial charge is 0.287 e. The predicted octanol–water partition coefficient (Wildman–Crippen LogP) is 3.36. The fourth-order valence-corrected chi connectivity index (χ4v) is 2.61. The van der Waals surface area contributed by atoms with E-state index in [9.17, 15) is 4.79 Å². The van der Waals surface area contributed by atoms with Gasteiger partial charge in [0.25, 0.3) is 5.91 Å². The lowest BCUT2D eigenvalue weighted by Gasteiger charge is -2.04. The third kappa shape index (κ3) is 2.48. The Bertz CT molecular complexity index is 996. The molecule has 1 aromatic carbocycles. The second kappa shape index (κ2) is 5.73. The molecule has 0 aliphatic carbocycles. The highest BCUT2D eigenvalue weighted by atomic mass is 16.4. The number of hydrogen-bond donors (Lipinski definition) is 1. The summed E-state index contributed by atoms with van der Waals surface area (Å²) >= 11 is 0. The molecule has 0 saturated carbocycles. The molecule has 0 atom stereocenters. The van der Waals surface area contributed by atoms with Crippen LogP contribution in [0.4, 0.5) is 0 Å². The molecule has 4 aromatic rings. The topological polar surface area (TPSA) is 73.2 Å². The molecule has 120 valence electrons. The average molecular weight is 321 g/mol. The Labute approximate surface area is 137 Å². The highest BCUT2D eigenvalue weighted by Gasteiger charge is 2.14. The number of benzene rings is 1. The summed E-state index contributed by atoms with van der Waals surface area (Å²) in [5.74, 6) is 1.83. The summed E-state index contributed by atoms with van der Waals surface area (Å²) in [4.78, 5) is 16.8. The maximum Gasteiger partial charge on any atom is 0.287 e. The van der Waals surface area contributed by atoms with E-state index in [4.69, 9.17) is 8.83 Å². The minimum Gasteiger partial charge on any atom is -0.461 e. The summed E-state index contributed by atoms with van der Waals surface area (Å²) in [7, 11) is 1.93. The van der Waals surface area contributed by atoms with Crippen LogP contribution in [0.5, 0.6) is 0 Å². The predicted molar refractivity (Wildman–Crippen MR) is 88.3 cm³/mol. The Morgan fingerprint density at radius 2 is 2.00 bits per heavy atom. The number of aryl methyl sites for hydroxylation is 1. The molecule has 0 aliphatic rings. The standard InChI is InChI=1S/C18H15N3O3/c1-21-13-6-3-2-5-12(13)20-17(21)11-19-18(22)16-9-8-15(24-16)14-7-4-10-23-14/h2-10H,11H2,1H3,(H,19,22). The molecule has 0 radical (unpaired) electrons. The lowest BCUT2D eigenvalue weighted by atomic mass is 10.3. The van der Waals surface area contributed by atoms with E-state index in [0.29, 0.717) is 18.1 Å². The van der Waals surface area contributed by atoms with Crippen LogP contribution >= 0.6 is 0 Å². The van der Waals surface area contributed by atoms with E-state index in [1.54, 1.807) is 30.5 Å². The van der Waals surface area contributed by atoms with E-state index in [2.05, 4.69) is 10.3 Å². The zero-order valence-electron chi connectivity index (χ0n) is 13.0. The molecular weight excluding hydrogens is 306 g/mol. The Balaban J connectivity index is 1.49. The van der Waals surface area contributed by atoms with E-state index in [1.165, 1.54) is 0 Å². The molecule has 1 N–H and O–H groups in total. The van der Waals surface area contributed by atoms with E-state index in [-0.39, 0.29) is 11.7 Å². The minimum atomic E-state index is -0.292. The molecule has 0 unspecified atom stereocenters. The quantitative estimate of drug-likeness (QED) is 0.625. The molecule has 0 bridgehead atoms. The van der Waals surface area contributed by atoms with Crippen LogP contribution in [0.3, 0.4) is 0 Å². The van der Waals surface area contributed by atoms with Crippen molar-refractivity contribution in [2.75, 3.05) is 0 Å². The fourth-order valence-electron chi connectivity index (χ4n) is 2.61. The van der Waals surface area contributed by atoms with E-state index < -0.39 is 0 Å². The molecule has 3 heterocycles. The number of hydrogen-bond acceptors (Lipinski definition) is 4. The molecule has 0 fully saturated rings. The van der Waals surface area contributed by atoms with E-state index in [0.717, 1.165) is 16.9 Å². The van der Waals surface area contributed by atoms with Crippen molar-refractivity contribution in [1.82, 2.24) is 14.9 Å². The number of carbonyl (C=O) groups is 1. The van der Waals surface area contributed by atoms with Gasteiger partial charge in [-0.2, -0.15) is 0 Å². The van der Waals surface area contributed by atoms with Crippen LogP contribution in [0, 0.1) is 0 Å². The van der Waals surface area contributed by atoms with Crippen LogP contribution < -0.4 is 5.32 Å². The molecule has 4 rings (SSSR count). The SMILES string of the molecule is Cn1c(CNC(=O)c2ccc(-c3ccco3)o2)nc2ccccc21. The molecule has 6 nitrogen and oxygen atoms in total. The first kappa shape index (κ1) is 14.3. The lowest BCUT2D eigenvalue weighted by Crippen LogP contribution is -2.23. The monoisotopic (exact) mass is 321 g/mol. The Hall–Kier alpha value is -3.28. The molecule has 0 spiro atoms. The molecular formula is C18H15N3O3. The average Bonchev–Trinajstić information content (AvgIpc) is 3.33. The summed E-state index contributed by atoms with van der Waals surface area (Å²) in [5, 5.41) is 2.83. The van der Waals surface area contributed by atoms with Crippen LogP contribution in [0.2, 0.25) is 0 Å². The van der Waals surface area contributed by atoms with Gasteiger partial charge < -0.3 is 18.7 Å². The molecule has 3 aromatic heterocycles. The maximum absolute atomic E-state index is 12.3. The van der Waals surface area contributed by atoms with Crippen LogP contribution in [-0.2, 0) is 13.6 Å². The number of nitrogens with zero attached hydrogens (tertiary/aromatic N) is 2. The third-order valence-electron chi connectivity index (χ3n) is 3.88. The Morgan fingerprint density at radius 3 is 2.79 bits per heavy atom. The minimum absolute atomic E-state index is 0.236. The second-order valence-electron chi connectivity index (χ2n) is 5.40. The van der Waals surface area contributed by atoms with Crippen molar-refractivity contribution in [2.45, 2.75) is 6.54 Å². The van der Waals surface area contributed by atoms with Crippen molar-refractivity contribution < 1.29 is 13.6 Å². The zero-order chi connectivity index (χ0) is 16.5. The summed E-state index contributed by atoms with van der Waals surface area (Å²) in [6.45, 7) is 0.320. The number of rotatable bonds is 4. The zero-order valence-corrected chi connectivity index (χ0v) is 13.0. The van der Waals surface area contributed by atoms with Crippen LogP contribution in [-0.4, -0.2) is 15.5 Å². The number of amides is 1. The highest BCUT2D eigenvalue weighted by molar-refractivity contribution is 5.92. The van der Waals surface area contributed by atoms with Crippen molar-refractivity contribution in [3.63, 3.8) is 0 Å². The van der Waals surface area contributed by atoms with Gasteiger partial charge in [-0.3, -0.25) is 4.79 Å². The normalized spacial score (nSPS) is 11.0. The van der Waals surface area contributed by atoms with Gasteiger partial charge in [-0.25, -0.2) is 4.98 Å². The molecule has 0 aliphatic heterocycles. The number of para-hydroxylation sites is 2. The first-order valence-corrected chi connectivity index (χ1v) is 7.54. The highest BCUT2D eigenvalue weighted by Crippen LogP contribution is 2.22. The van der Waals surface area contributed by atoms with Gasteiger partial charge in [-0.05, 0) is 36.4 Å². The molecule has 0 saturated heterocycles. The molecule has 24 heavy (non-hydrogen) atoms. The van der Waals surface area contributed by atoms with Gasteiger partial charge >= 0.3 is 0 Å². The first-order chi connectivity index (χ1) is 11.7. The van der Waals surface area contributed by atoms with Crippen molar-refractivity contribution in [1.29, 1.82) is 0 Å². The summed E-state index contributed by atoms with van der Waals surface area (Å²) in [6, 6.07) is 14.7.